The lowest BCUT2D eigenvalue weighted by Crippen LogP contribution is -2.33. The average molecular weight is 413 g/mol. The molecule has 0 saturated heterocycles. The number of hydrogen-bond donors (Lipinski definition) is 1. The Kier molecular flexibility index (Phi) is 6.82. The molecular weight excluding hydrogens is 390 g/mol. The number of sulfone groups is 1. The lowest BCUT2D eigenvalue weighted by molar-refractivity contribution is -0.149. The zero-order chi connectivity index (χ0) is 20.7. The standard InChI is InChI=1S/C22H23NO5S/c24-21(15-28-22(25)14-18-11-12-29(26,27)16-18)23-20(19-9-5-2-6-10-19)13-17-7-3-1-4-8-17/h1-12,18,20H,13-16H2,(H,23,24). The Morgan fingerprint density at radius 1 is 1.03 bits per heavy atom. The van der Waals surface area contributed by atoms with E-state index in [0.29, 0.717) is 6.42 Å². The number of amides is 1. The fourth-order valence-corrected chi connectivity index (χ4v) is 4.61. The zero-order valence-electron chi connectivity index (χ0n) is 15.9. The molecule has 2 unspecified atom stereocenters. The van der Waals surface area contributed by atoms with Gasteiger partial charge in [0, 0.05) is 11.3 Å². The molecule has 1 N–H and O–H groups in total. The van der Waals surface area contributed by atoms with Crippen LogP contribution in [0.3, 0.4) is 0 Å². The summed E-state index contributed by atoms with van der Waals surface area (Å²) in [6.45, 7) is -0.403. The molecule has 3 rings (SSSR count). The van der Waals surface area contributed by atoms with Gasteiger partial charge in [-0.1, -0.05) is 66.7 Å². The largest absolute Gasteiger partial charge is 0.456 e. The number of esters is 1. The molecule has 7 heteroatoms. The van der Waals surface area contributed by atoms with Crippen molar-refractivity contribution in [3.05, 3.63) is 83.3 Å². The molecule has 0 bridgehead atoms. The van der Waals surface area contributed by atoms with E-state index in [-0.39, 0.29) is 18.2 Å². The Morgan fingerprint density at radius 3 is 2.31 bits per heavy atom. The maximum Gasteiger partial charge on any atom is 0.306 e. The molecule has 0 fully saturated rings. The predicted octanol–water partition coefficient (Wildman–Crippen LogP) is 2.58. The Labute approximate surface area is 170 Å². The number of carbonyl (C=O) groups excluding carboxylic acids is 2. The van der Waals surface area contributed by atoms with Crippen molar-refractivity contribution in [2.24, 2.45) is 5.92 Å². The third-order valence-corrected chi connectivity index (χ3v) is 6.08. The fraction of sp³-hybridized carbons (Fsp3) is 0.273. The molecule has 1 aliphatic heterocycles. The maximum absolute atomic E-state index is 12.4. The first kappa shape index (κ1) is 20.8. The monoisotopic (exact) mass is 413 g/mol. The second kappa shape index (κ2) is 9.52. The SMILES string of the molecule is O=C(COC(=O)CC1C=CS(=O)(=O)C1)NC(Cc1ccccc1)c1ccccc1. The highest BCUT2D eigenvalue weighted by atomic mass is 32.2. The van der Waals surface area contributed by atoms with Gasteiger partial charge in [-0.25, -0.2) is 8.42 Å². The molecule has 29 heavy (non-hydrogen) atoms. The van der Waals surface area contributed by atoms with Gasteiger partial charge >= 0.3 is 5.97 Å². The van der Waals surface area contributed by atoms with Crippen molar-refractivity contribution in [2.45, 2.75) is 18.9 Å². The molecule has 1 aliphatic rings. The van der Waals surface area contributed by atoms with Gasteiger partial charge in [-0.15, -0.1) is 0 Å². The third kappa shape index (κ3) is 6.57. The minimum Gasteiger partial charge on any atom is -0.456 e. The Bertz CT molecular complexity index is 971. The molecule has 0 aliphatic carbocycles. The Morgan fingerprint density at radius 2 is 1.69 bits per heavy atom. The lowest BCUT2D eigenvalue weighted by atomic mass is 9.99. The minimum absolute atomic E-state index is 0.0604. The summed E-state index contributed by atoms with van der Waals surface area (Å²) >= 11 is 0. The summed E-state index contributed by atoms with van der Waals surface area (Å²) in [5, 5.41) is 4.03. The van der Waals surface area contributed by atoms with E-state index in [2.05, 4.69) is 5.32 Å². The highest BCUT2D eigenvalue weighted by Gasteiger charge is 2.25. The molecule has 0 spiro atoms. The quantitative estimate of drug-likeness (QED) is 0.672. The van der Waals surface area contributed by atoms with Gasteiger partial charge in [-0.3, -0.25) is 9.59 Å². The van der Waals surface area contributed by atoms with E-state index in [0.717, 1.165) is 16.5 Å². The average Bonchev–Trinajstić information content (AvgIpc) is 3.05. The molecule has 0 radical (unpaired) electrons. The predicted molar refractivity (Wildman–Crippen MR) is 109 cm³/mol. The molecule has 2 atom stereocenters. The maximum atomic E-state index is 12.4. The van der Waals surface area contributed by atoms with Crippen LogP contribution in [0.15, 0.2) is 72.1 Å². The van der Waals surface area contributed by atoms with Crippen LogP contribution >= 0.6 is 0 Å². The van der Waals surface area contributed by atoms with Crippen LogP contribution in [0.5, 0.6) is 0 Å². The topological polar surface area (TPSA) is 89.5 Å². The van der Waals surface area contributed by atoms with E-state index in [4.69, 9.17) is 4.74 Å². The highest BCUT2D eigenvalue weighted by Crippen LogP contribution is 2.20. The van der Waals surface area contributed by atoms with Gasteiger partial charge in [0.2, 0.25) is 0 Å². The number of benzene rings is 2. The Hall–Kier alpha value is -2.93. The van der Waals surface area contributed by atoms with Gasteiger partial charge in [0.15, 0.2) is 16.4 Å². The van der Waals surface area contributed by atoms with Crippen molar-refractivity contribution < 1.29 is 22.7 Å². The van der Waals surface area contributed by atoms with Gasteiger partial charge in [-0.05, 0) is 17.5 Å². The smallest absolute Gasteiger partial charge is 0.306 e. The summed E-state index contributed by atoms with van der Waals surface area (Å²) in [4.78, 5) is 24.3. The summed E-state index contributed by atoms with van der Waals surface area (Å²) in [7, 11) is -3.22. The number of carbonyl (C=O) groups is 2. The number of nitrogens with one attached hydrogen (secondary N) is 1. The molecule has 2 aromatic carbocycles. The number of allylic oxidation sites excluding steroid dienone is 1. The second-order valence-corrected chi connectivity index (χ2v) is 8.93. The van der Waals surface area contributed by atoms with Crippen molar-refractivity contribution in [3.8, 4) is 0 Å². The van der Waals surface area contributed by atoms with E-state index in [9.17, 15) is 18.0 Å². The molecule has 6 nitrogen and oxygen atoms in total. The first-order valence-electron chi connectivity index (χ1n) is 9.36. The van der Waals surface area contributed by atoms with Crippen LogP contribution in [0.25, 0.3) is 0 Å². The number of hydrogen-bond acceptors (Lipinski definition) is 5. The van der Waals surface area contributed by atoms with Crippen molar-refractivity contribution in [1.29, 1.82) is 0 Å². The normalized spacial score (nSPS) is 18.1. The minimum atomic E-state index is -3.22. The molecule has 0 aromatic heterocycles. The van der Waals surface area contributed by atoms with Crippen LogP contribution in [0.1, 0.15) is 23.6 Å². The van der Waals surface area contributed by atoms with E-state index in [1.54, 1.807) is 0 Å². The van der Waals surface area contributed by atoms with Crippen LogP contribution in [-0.4, -0.2) is 32.7 Å². The van der Waals surface area contributed by atoms with Crippen molar-refractivity contribution in [3.63, 3.8) is 0 Å². The molecule has 0 saturated carbocycles. The van der Waals surface area contributed by atoms with Crippen LogP contribution in [-0.2, 0) is 30.6 Å². The first-order valence-corrected chi connectivity index (χ1v) is 11.1. The van der Waals surface area contributed by atoms with E-state index >= 15 is 0 Å². The highest BCUT2D eigenvalue weighted by molar-refractivity contribution is 7.94. The molecule has 1 heterocycles. The molecular formula is C22H23NO5S. The fourth-order valence-electron chi connectivity index (χ4n) is 3.21. The van der Waals surface area contributed by atoms with E-state index in [1.807, 2.05) is 60.7 Å². The van der Waals surface area contributed by atoms with Gasteiger partial charge in [0.25, 0.3) is 5.91 Å². The van der Waals surface area contributed by atoms with Crippen molar-refractivity contribution >= 4 is 21.7 Å². The van der Waals surface area contributed by atoms with E-state index in [1.165, 1.54) is 6.08 Å². The van der Waals surface area contributed by atoms with Crippen LogP contribution in [0, 0.1) is 5.92 Å². The third-order valence-electron chi connectivity index (χ3n) is 4.62. The summed E-state index contributed by atoms with van der Waals surface area (Å²) in [5.41, 5.74) is 2.03. The van der Waals surface area contributed by atoms with Gasteiger partial charge < -0.3 is 10.1 Å². The lowest BCUT2D eigenvalue weighted by Gasteiger charge is -2.19. The number of ether oxygens (including phenoxy) is 1. The van der Waals surface area contributed by atoms with Crippen LogP contribution in [0.4, 0.5) is 0 Å². The van der Waals surface area contributed by atoms with Crippen molar-refractivity contribution in [1.82, 2.24) is 5.32 Å². The van der Waals surface area contributed by atoms with Gasteiger partial charge in [0.05, 0.1) is 18.2 Å². The van der Waals surface area contributed by atoms with E-state index < -0.39 is 34.2 Å². The molecule has 152 valence electrons. The Balaban J connectivity index is 1.54. The summed E-state index contributed by atoms with van der Waals surface area (Å²) in [6.07, 6.45) is 2.03. The van der Waals surface area contributed by atoms with Crippen LogP contribution in [0.2, 0.25) is 0 Å². The molecule has 2 aromatic rings. The van der Waals surface area contributed by atoms with Crippen molar-refractivity contribution in [2.75, 3.05) is 12.4 Å². The molecule has 1 amide bonds. The van der Waals surface area contributed by atoms with Crippen LogP contribution < -0.4 is 5.32 Å². The number of rotatable bonds is 8. The van der Waals surface area contributed by atoms with Gasteiger partial charge in [0.1, 0.15) is 0 Å². The van der Waals surface area contributed by atoms with Gasteiger partial charge in [-0.2, -0.15) is 0 Å². The summed E-state index contributed by atoms with van der Waals surface area (Å²) in [6, 6.07) is 19.1. The first-order chi connectivity index (χ1) is 13.9. The summed E-state index contributed by atoms with van der Waals surface area (Å²) < 4.78 is 27.8. The summed E-state index contributed by atoms with van der Waals surface area (Å²) in [5.74, 6) is -1.49. The zero-order valence-corrected chi connectivity index (χ0v) is 16.7. The second-order valence-electron chi connectivity index (χ2n) is 7.00.